The molecule has 5 nitrogen and oxygen atoms in total. The molecule has 0 radical (unpaired) electrons. The van der Waals surface area contributed by atoms with E-state index in [1.54, 1.807) is 0 Å². The molecule has 0 aliphatic carbocycles. The second kappa shape index (κ2) is 9.53. The van der Waals surface area contributed by atoms with Crippen LogP contribution >= 0.6 is 0 Å². The molecule has 23 heavy (non-hydrogen) atoms. The number of hydrogen-bond donors (Lipinski definition) is 1. The lowest BCUT2D eigenvalue weighted by atomic mass is 10.1. The molecule has 0 bridgehead atoms. The molecular formula is C18H29N3O2. The van der Waals surface area contributed by atoms with E-state index < -0.39 is 0 Å². The normalized spacial score (nSPS) is 15.7. The van der Waals surface area contributed by atoms with Crippen molar-refractivity contribution >= 4 is 6.03 Å². The third-order valence-corrected chi connectivity index (χ3v) is 4.09. The second-order valence-corrected chi connectivity index (χ2v) is 6.03. The van der Waals surface area contributed by atoms with Crippen molar-refractivity contribution in [3.05, 3.63) is 35.4 Å². The summed E-state index contributed by atoms with van der Waals surface area (Å²) >= 11 is 0. The lowest BCUT2D eigenvalue weighted by molar-refractivity contribution is 0.131. The van der Waals surface area contributed by atoms with Gasteiger partial charge in [0.1, 0.15) is 0 Å². The molecule has 0 atom stereocenters. The fraction of sp³-hybridized carbons (Fsp3) is 0.611. The Kier molecular flexibility index (Phi) is 7.36. The number of nitrogens with zero attached hydrogens (tertiary/aromatic N) is 2. The number of carbonyl (C=O) groups excluding carboxylic acids is 1. The van der Waals surface area contributed by atoms with Crippen LogP contribution in [0.4, 0.5) is 4.79 Å². The van der Waals surface area contributed by atoms with Crippen LogP contribution < -0.4 is 5.32 Å². The summed E-state index contributed by atoms with van der Waals surface area (Å²) in [5.41, 5.74) is 2.64. The lowest BCUT2D eigenvalue weighted by Crippen LogP contribution is -2.51. The van der Waals surface area contributed by atoms with E-state index in [0.717, 1.165) is 45.8 Å². The van der Waals surface area contributed by atoms with Gasteiger partial charge in [-0.25, -0.2) is 4.79 Å². The summed E-state index contributed by atoms with van der Waals surface area (Å²) in [7, 11) is 0. The molecule has 128 valence electrons. The van der Waals surface area contributed by atoms with Crippen molar-refractivity contribution < 1.29 is 9.53 Å². The van der Waals surface area contributed by atoms with Gasteiger partial charge in [-0.2, -0.15) is 0 Å². The predicted octanol–water partition coefficient (Wildman–Crippen LogP) is 2.25. The molecule has 1 aromatic rings. The first kappa shape index (κ1) is 17.8. The Labute approximate surface area is 139 Å². The summed E-state index contributed by atoms with van der Waals surface area (Å²) in [4.78, 5) is 16.4. The number of aryl methyl sites for hydroxylation is 1. The van der Waals surface area contributed by atoms with Crippen molar-refractivity contribution in [1.82, 2.24) is 15.1 Å². The summed E-state index contributed by atoms with van der Waals surface area (Å²) in [5.74, 6) is 0. The zero-order valence-corrected chi connectivity index (χ0v) is 14.4. The third kappa shape index (κ3) is 6.20. The van der Waals surface area contributed by atoms with Crippen LogP contribution in [-0.4, -0.2) is 61.8 Å². The summed E-state index contributed by atoms with van der Waals surface area (Å²) in [5, 5.41) is 2.97. The number of amides is 2. The standard InChI is InChI=1S/C18H29N3O2/c1-3-23-13-5-8-19-18(22)21-11-9-20(10-12-21)15-17-7-4-6-16(2)14-17/h4,6-7,14H,3,5,8-13,15H2,1-2H3,(H,19,22). The number of ether oxygens (including phenoxy) is 1. The van der Waals surface area contributed by atoms with E-state index in [0.29, 0.717) is 13.2 Å². The molecule has 0 saturated carbocycles. The molecule has 1 saturated heterocycles. The van der Waals surface area contributed by atoms with Gasteiger partial charge in [-0.05, 0) is 25.8 Å². The minimum absolute atomic E-state index is 0.0525. The Morgan fingerprint density at radius 3 is 2.74 bits per heavy atom. The maximum atomic E-state index is 12.1. The van der Waals surface area contributed by atoms with Crippen molar-refractivity contribution in [2.45, 2.75) is 26.8 Å². The smallest absolute Gasteiger partial charge is 0.317 e. The molecule has 5 heteroatoms. The highest BCUT2D eigenvalue weighted by molar-refractivity contribution is 5.74. The molecule has 1 heterocycles. The minimum Gasteiger partial charge on any atom is -0.382 e. The van der Waals surface area contributed by atoms with Gasteiger partial charge in [0.05, 0.1) is 0 Å². The van der Waals surface area contributed by atoms with Gasteiger partial charge in [0, 0.05) is 52.5 Å². The van der Waals surface area contributed by atoms with Gasteiger partial charge in [0.2, 0.25) is 0 Å². The highest BCUT2D eigenvalue weighted by atomic mass is 16.5. The summed E-state index contributed by atoms with van der Waals surface area (Å²) in [6, 6.07) is 8.69. The van der Waals surface area contributed by atoms with E-state index >= 15 is 0 Å². The Balaban J connectivity index is 1.66. The zero-order chi connectivity index (χ0) is 16.5. The number of nitrogens with one attached hydrogen (secondary N) is 1. The van der Waals surface area contributed by atoms with E-state index in [4.69, 9.17) is 4.74 Å². The van der Waals surface area contributed by atoms with E-state index in [2.05, 4.69) is 41.4 Å². The Hall–Kier alpha value is -1.59. The van der Waals surface area contributed by atoms with Crippen LogP contribution in [-0.2, 0) is 11.3 Å². The third-order valence-electron chi connectivity index (χ3n) is 4.09. The highest BCUT2D eigenvalue weighted by Gasteiger charge is 2.20. The summed E-state index contributed by atoms with van der Waals surface area (Å²) in [6.07, 6.45) is 0.868. The first-order chi connectivity index (χ1) is 11.2. The Morgan fingerprint density at radius 2 is 2.04 bits per heavy atom. The van der Waals surface area contributed by atoms with Gasteiger partial charge < -0.3 is 15.0 Å². The van der Waals surface area contributed by atoms with E-state index in [-0.39, 0.29) is 6.03 Å². The van der Waals surface area contributed by atoms with Crippen molar-refractivity contribution in [2.75, 3.05) is 45.9 Å². The molecule has 0 aromatic heterocycles. The fourth-order valence-corrected chi connectivity index (χ4v) is 2.80. The first-order valence-corrected chi connectivity index (χ1v) is 8.57. The SMILES string of the molecule is CCOCCCNC(=O)N1CCN(Cc2cccc(C)c2)CC1. The highest BCUT2D eigenvalue weighted by Crippen LogP contribution is 2.10. The molecule has 2 rings (SSSR count). The van der Waals surface area contributed by atoms with Gasteiger partial charge in [0.25, 0.3) is 0 Å². The van der Waals surface area contributed by atoms with E-state index in [1.807, 2.05) is 11.8 Å². The summed E-state index contributed by atoms with van der Waals surface area (Å²) < 4.78 is 5.27. The average Bonchev–Trinajstić information content (AvgIpc) is 2.55. The summed E-state index contributed by atoms with van der Waals surface area (Å²) in [6.45, 7) is 10.6. The van der Waals surface area contributed by atoms with Gasteiger partial charge in [-0.1, -0.05) is 29.8 Å². The van der Waals surface area contributed by atoms with Crippen molar-refractivity contribution in [1.29, 1.82) is 0 Å². The molecular weight excluding hydrogens is 290 g/mol. The quantitative estimate of drug-likeness (QED) is 0.784. The fourth-order valence-electron chi connectivity index (χ4n) is 2.80. The van der Waals surface area contributed by atoms with Crippen LogP contribution in [0.25, 0.3) is 0 Å². The van der Waals surface area contributed by atoms with Gasteiger partial charge >= 0.3 is 6.03 Å². The molecule has 1 aromatic carbocycles. The predicted molar refractivity (Wildman–Crippen MR) is 92.5 cm³/mol. The number of urea groups is 1. The van der Waals surface area contributed by atoms with Crippen molar-refractivity contribution in [2.24, 2.45) is 0 Å². The van der Waals surface area contributed by atoms with Crippen LogP contribution in [0.2, 0.25) is 0 Å². The van der Waals surface area contributed by atoms with Crippen LogP contribution in [0.5, 0.6) is 0 Å². The number of rotatable bonds is 7. The van der Waals surface area contributed by atoms with E-state index in [9.17, 15) is 4.79 Å². The van der Waals surface area contributed by atoms with Crippen molar-refractivity contribution in [3.8, 4) is 0 Å². The maximum Gasteiger partial charge on any atom is 0.317 e. The molecule has 0 unspecified atom stereocenters. The monoisotopic (exact) mass is 319 g/mol. The van der Waals surface area contributed by atoms with E-state index in [1.165, 1.54) is 11.1 Å². The molecule has 2 amide bonds. The molecule has 1 aliphatic heterocycles. The van der Waals surface area contributed by atoms with Crippen LogP contribution in [0.1, 0.15) is 24.5 Å². The van der Waals surface area contributed by atoms with Crippen LogP contribution in [0.3, 0.4) is 0 Å². The number of benzene rings is 1. The van der Waals surface area contributed by atoms with Gasteiger partial charge in [-0.15, -0.1) is 0 Å². The zero-order valence-electron chi connectivity index (χ0n) is 14.4. The average molecular weight is 319 g/mol. The molecule has 0 spiro atoms. The Bertz CT molecular complexity index is 485. The maximum absolute atomic E-state index is 12.1. The topological polar surface area (TPSA) is 44.8 Å². The number of piperazine rings is 1. The Morgan fingerprint density at radius 1 is 1.26 bits per heavy atom. The van der Waals surface area contributed by atoms with Gasteiger partial charge in [-0.3, -0.25) is 4.90 Å². The first-order valence-electron chi connectivity index (χ1n) is 8.57. The largest absolute Gasteiger partial charge is 0.382 e. The van der Waals surface area contributed by atoms with Crippen LogP contribution in [0.15, 0.2) is 24.3 Å². The lowest BCUT2D eigenvalue weighted by Gasteiger charge is -2.34. The van der Waals surface area contributed by atoms with Crippen molar-refractivity contribution in [3.63, 3.8) is 0 Å². The minimum atomic E-state index is 0.0525. The second-order valence-electron chi connectivity index (χ2n) is 6.03. The molecule has 1 aliphatic rings. The number of hydrogen-bond acceptors (Lipinski definition) is 3. The van der Waals surface area contributed by atoms with Gasteiger partial charge in [0.15, 0.2) is 0 Å². The number of carbonyl (C=O) groups is 1. The molecule has 1 N–H and O–H groups in total. The van der Waals surface area contributed by atoms with Crippen LogP contribution in [0, 0.1) is 6.92 Å². The molecule has 1 fully saturated rings.